The number of carbonyl (C=O) groups excluding carboxylic acids is 1. The standard InChI is InChI=1S/C20H32N4O.HI/c1-3-16-9-5-6-10-18(16)15-24-20(21-4-2)23-14-8-13-22-19(25)17-11-7-12-17;/h5-6,9-10,17H,3-4,7-8,11-15H2,1-2H3,(H,22,25)(H2,21,23,24);1H. The lowest BCUT2D eigenvalue weighted by atomic mass is 9.85. The lowest BCUT2D eigenvalue weighted by Crippen LogP contribution is -2.39. The van der Waals surface area contributed by atoms with E-state index in [0.29, 0.717) is 6.54 Å². The molecule has 0 saturated heterocycles. The molecule has 1 fully saturated rings. The van der Waals surface area contributed by atoms with Gasteiger partial charge < -0.3 is 16.0 Å². The fourth-order valence-corrected chi connectivity index (χ4v) is 2.88. The minimum atomic E-state index is 0. The van der Waals surface area contributed by atoms with Crippen molar-refractivity contribution in [3.05, 3.63) is 35.4 Å². The first-order valence-corrected chi connectivity index (χ1v) is 9.61. The average molecular weight is 472 g/mol. The number of nitrogens with zero attached hydrogens (tertiary/aromatic N) is 1. The maximum atomic E-state index is 11.8. The van der Waals surface area contributed by atoms with Crippen molar-refractivity contribution in [2.45, 2.75) is 52.5 Å². The molecule has 1 aromatic rings. The first-order chi connectivity index (χ1) is 12.2. The van der Waals surface area contributed by atoms with Crippen LogP contribution < -0.4 is 16.0 Å². The Morgan fingerprint density at radius 2 is 1.77 bits per heavy atom. The van der Waals surface area contributed by atoms with E-state index in [1.165, 1.54) is 17.5 Å². The van der Waals surface area contributed by atoms with Crippen LogP contribution in [0.15, 0.2) is 29.3 Å². The third kappa shape index (κ3) is 7.51. The highest BCUT2D eigenvalue weighted by Crippen LogP contribution is 2.25. The van der Waals surface area contributed by atoms with Gasteiger partial charge in [0, 0.05) is 25.6 Å². The van der Waals surface area contributed by atoms with Crippen LogP contribution in [0.25, 0.3) is 0 Å². The number of halogens is 1. The van der Waals surface area contributed by atoms with Gasteiger partial charge in [-0.15, -0.1) is 24.0 Å². The molecular formula is C20H33IN4O. The molecular weight excluding hydrogens is 439 g/mol. The molecule has 0 radical (unpaired) electrons. The second-order valence-electron chi connectivity index (χ2n) is 6.52. The fourth-order valence-electron chi connectivity index (χ4n) is 2.88. The fraction of sp³-hybridized carbons (Fsp3) is 0.600. The molecule has 1 saturated carbocycles. The Labute approximate surface area is 174 Å². The van der Waals surface area contributed by atoms with Crippen LogP contribution in [0.1, 0.15) is 50.7 Å². The van der Waals surface area contributed by atoms with Gasteiger partial charge in [0.2, 0.25) is 5.91 Å². The Morgan fingerprint density at radius 1 is 1.08 bits per heavy atom. The van der Waals surface area contributed by atoms with Crippen LogP contribution in [-0.2, 0) is 17.8 Å². The lowest BCUT2D eigenvalue weighted by molar-refractivity contribution is -0.127. The third-order valence-electron chi connectivity index (χ3n) is 4.67. The van der Waals surface area contributed by atoms with Crippen LogP contribution in [0.4, 0.5) is 0 Å². The molecule has 0 aliphatic heterocycles. The van der Waals surface area contributed by atoms with Crippen molar-refractivity contribution in [1.82, 2.24) is 16.0 Å². The van der Waals surface area contributed by atoms with Gasteiger partial charge in [0.1, 0.15) is 0 Å². The maximum Gasteiger partial charge on any atom is 0.223 e. The van der Waals surface area contributed by atoms with E-state index in [9.17, 15) is 4.79 Å². The number of hydrogen-bond acceptors (Lipinski definition) is 2. The molecule has 0 aromatic heterocycles. The first-order valence-electron chi connectivity index (χ1n) is 9.61. The number of aryl methyl sites for hydroxylation is 1. The Balaban J connectivity index is 0.00000338. The lowest BCUT2D eigenvalue weighted by Gasteiger charge is -2.24. The van der Waals surface area contributed by atoms with Crippen LogP contribution in [0.2, 0.25) is 0 Å². The van der Waals surface area contributed by atoms with Gasteiger partial charge in [-0.3, -0.25) is 4.79 Å². The normalized spacial score (nSPS) is 14.2. The molecule has 0 unspecified atom stereocenters. The predicted octanol–water partition coefficient (Wildman–Crippen LogP) is 3.23. The monoisotopic (exact) mass is 472 g/mol. The second-order valence-corrected chi connectivity index (χ2v) is 6.52. The summed E-state index contributed by atoms with van der Waals surface area (Å²) in [5.74, 6) is 1.33. The van der Waals surface area contributed by atoms with E-state index in [0.717, 1.165) is 51.3 Å². The number of aliphatic imine (C=N–C) groups is 1. The zero-order valence-corrected chi connectivity index (χ0v) is 18.3. The molecule has 0 bridgehead atoms. The van der Waals surface area contributed by atoms with Gasteiger partial charge >= 0.3 is 0 Å². The summed E-state index contributed by atoms with van der Waals surface area (Å²) in [6.45, 7) is 7.27. The van der Waals surface area contributed by atoms with Crippen LogP contribution in [0.5, 0.6) is 0 Å². The molecule has 1 aliphatic carbocycles. The molecule has 2 rings (SSSR count). The van der Waals surface area contributed by atoms with Gasteiger partial charge in [0.15, 0.2) is 5.96 Å². The van der Waals surface area contributed by atoms with Crippen molar-refractivity contribution in [2.75, 3.05) is 19.6 Å². The Hall–Kier alpha value is -1.31. The first kappa shape index (κ1) is 22.7. The molecule has 1 amide bonds. The number of amides is 1. The summed E-state index contributed by atoms with van der Waals surface area (Å²) in [4.78, 5) is 16.5. The molecule has 0 spiro atoms. The summed E-state index contributed by atoms with van der Waals surface area (Å²) < 4.78 is 0. The molecule has 0 atom stereocenters. The number of nitrogens with one attached hydrogen (secondary N) is 3. The molecule has 6 heteroatoms. The predicted molar refractivity (Wildman–Crippen MR) is 119 cm³/mol. The van der Waals surface area contributed by atoms with Crippen molar-refractivity contribution in [3.63, 3.8) is 0 Å². The van der Waals surface area contributed by atoms with E-state index in [1.807, 2.05) is 0 Å². The highest BCUT2D eigenvalue weighted by atomic mass is 127. The van der Waals surface area contributed by atoms with E-state index in [-0.39, 0.29) is 35.8 Å². The molecule has 5 nitrogen and oxygen atoms in total. The number of hydrogen-bond donors (Lipinski definition) is 3. The number of rotatable bonds is 9. The highest BCUT2D eigenvalue weighted by Gasteiger charge is 2.24. The summed E-state index contributed by atoms with van der Waals surface area (Å²) >= 11 is 0. The number of carbonyl (C=O) groups is 1. The van der Waals surface area contributed by atoms with Crippen LogP contribution in [0, 0.1) is 5.92 Å². The van der Waals surface area contributed by atoms with Crippen molar-refractivity contribution < 1.29 is 4.79 Å². The number of benzene rings is 1. The van der Waals surface area contributed by atoms with Crippen molar-refractivity contribution >= 4 is 35.8 Å². The van der Waals surface area contributed by atoms with Gasteiger partial charge in [0.25, 0.3) is 0 Å². The zero-order chi connectivity index (χ0) is 17.9. The third-order valence-corrected chi connectivity index (χ3v) is 4.67. The van der Waals surface area contributed by atoms with Gasteiger partial charge in [-0.05, 0) is 43.7 Å². The smallest absolute Gasteiger partial charge is 0.223 e. The van der Waals surface area contributed by atoms with E-state index in [1.54, 1.807) is 0 Å². The van der Waals surface area contributed by atoms with Gasteiger partial charge in [0.05, 0.1) is 6.54 Å². The maximum absolute atomic E-state index is 11.8. The van der Waals surface area contributed by atoms with E-state index in [2.05, 4.69) is 59.1 Å². The topological polar surface area (TPSA) is 65.5 Å². The Morgan fingerprint density at radius 3 is 2.38 bits per heavy atom. The highest BCUT2D eigenvalue weighted by molar-refractivity contribution is 14.0. The van der Waals surface area contributed by atoms with Gasteiger partial charge in [-0.1, -0.05) is 37.6 Å². The summed E-state index contributed by atoms with van der Waals surface area (Å²) in [5, 5.41) is 9.65. The van der Waals surface area contributed by atoms with E-state index < -0.39 is 0 Å². The largest absolute Gasteiger partial charge is 0.357 e. The van der Waals surface area contributed by atoms with Crippen LogP contribution >= 0.6 is 24.0 Å². The summed E-state index contributed by atoms with van der Waals surface area (Å²) in [6.07, 6.45) is 5.23. The number of guanidine groups is 1. The SMILES string of the molecule is CCNC(=NCc1ccccc1CC)NCCCNC(=O)C1CCC1.I. The summed E-state index contributed by atoms with van der Waals surface area (Å²) in [5.41, 5.74) is 2.62. The molecule has 26 heavy (non-hydrogen) atoms. The quantitative estimate of drug-likeness (QED) is 0.224. The summed E-state index contributed by atoms with van der Waals surface area (Å²) in [7, 11) is 0. The van der Waals surface area contributed by atoms with Gasteiger partial charge in [-0.2, -0.15) is 0 Å². The van der Waals surface area contributed by atoms with Gasteiger partial charge in [-0.25, -0.2) is 4.99 Å². The average Bonchev–Trinajstić information content (AvgIpc) is 2.58. The second kappa shape index (κ2) is 12.9. The van der Waals surface area contributed by atoms with E-state index in [4.69, 9.17) is 0 Å². The summed E-state index contributed by atoms with van der Waals surface area (Å²) in [6, 6.07) is 8.44. The van der Waals surface area contributed by atoms with E-state index >= 15 is 0 Å². The van der Waals surface area contributed by atoms with Crippen molar-refractivity contribution in [3.8, 4) is 0 Å². The van der Waals surface area contributed by atoms with Crippen LogP contribution in [-0.4, -0.2) is 31.5 Å². The Kier molecular flexibility index (Phi) is 11.3. The van der Waals surface area contributed by atoms with Crippen molar-refractivity contribution in [2.24, 2.45) is 10.9 Å². The molecule has 1 aromatic carbocycles. The van der Waals surface area contributed by atoms with Crippen LogP contribution in [0.3, 0.4) is 0 Å². The molecule has 1 aliphatic rings. The molecule has 3 N–H and O–H groups in total. The van der Waals surface area contributed by atoms with Crippen molar-refractivity contribution in [1.29, 1.82) is 0 Å². The Bertz CT molecular complexity index is 573. The molecule has 0 heterocycles. The minimum absolute atomic E-state index is 0. The zero-order valence-electron chi connectivity index (χ0n) is 16.0. The molecule has 146 valence electrons. The minimum Gasteiger partial charge on any atom is -0.357 e.